The van der Waals surface area contributed by atoms with Crippen molar-refractivity contribution in [3.05, 3.63) is 24.3 Å². The summed E-state index contributed by atoms with van der Waals surface area (Å²) in [6.07, 6.45) is 6.23. The predicted octanol–water partition coefficient (Wildman–Crippen LogP) is 2.48. The number of nitrogens with one attached hydrogen (secondary N) is 1. The number of fused-ring (bicyclic) bond motifs is 1. The van der Waals surface area contributed by atoms with Crippen molar-refractivity contribution in [2.45, 2.75) is 38.6 Å². The largest absolute Gasteiger partial charge is 0.324 e. The number of piperidine rings is 1. The first-order valence-corrected chi connectivity index (χ1v) is 6.80. The lowest BCUT2D eigenvalue weighted by Crippen LogP contribution is -2.30. The highest BCUT2D eigenvalue weighted by Crippen LogP contribution is 2.28. The van der Waals surface area contributed by atoms with Crippen molar-refractivity contribution in [1.82, 2.24) is 19.9 Å². The molecule has 1 atom stereocenters. The average molecular weight is 244 g/mol. The minimum Gasteiger partial charge on any atom is -0.324 e. The SMILES string of the molecule is CC(C)n1c([C@@H]2CCCNC2)nc2ccncc21. The lowest BCUT2D eigenvalue weighted by Gasteiger charge is -2.24. The molecular formula is C14H20N4. The van der Waals surface area contributed by atoms with Gasteiger partial charge in [-0.25, -0.2) is 4.98 Å². The quantitative estimate of drug-likeness (QED) is 0.882. The molecule has 0 amide bonds. The molecule has 1 saturated heterocycles. The Balaban J connectivity index is 2.11. The van der Waals surface area contributed by atoms with E-state index in [4.69, 9.17) is 4.98 Å². The topological polar surface area (TPSA) is 42.7 Å². The number of aromatic nitrogens is 3. The number of imidazole rings is 1. The Morgan fingerprint density at radius 2 is 2.33 bits per heavy atom. The standard InChI is InChI=1S/C14H20N4/c1-10(2)18-13-9-16-7-5-12(13)17-14(18)11-4-3-6-15-8-11/h5,7,9-11,15H,3-4,6,8H2,1-2H3/t11-/m1/s1. The first-order chi connectivity index (χ1) is 8.77. The van der Waals surface area contributed by atoms with Crippen molar-refractivity contribution in [1.29, 1.82) is 0 Å². The van der Waals surface area contributed by atoms with Crippen LogP contribution >= 0.6 is 0 Å². The fraction of sp³-hybridized carbons (Fsp3) is 0.571. The molecule has 96 valence electrons. The van der Waals surface area contributed by atoms with E-state index >= 15 is 0 Å². The number of pyridine rings is 1. The van der Waals surface area contributed by atoms with Crippen LogP contribution in [0.4, 0.5) is 0 Å². The molecule has 0 radical (unpaired) electrons. The Kier molecular flexibility index (Phi) is 3.04. The summed E-state index contributed by atoms with van der Waals surface area (Å²) in [5, 5.41) is 3.47. The maximum absolute atomic E-state index is 4.84. The van der Waals surface area contributed by atoms with Gasteiger partial charge in [0, 0.05) is 24.7 Å². The summed E-state index contributed by atoms with van der Waals surface area (Å²) in [5.74, 6) is 1.76. The lowest BCUT2D eigenvalue weighted by atomic mass is 9.98. The number of rotatable bonds is 2. The summed E-state index contributed by atoms with van der Waals surface area (Å²) in [7, 11) is 0. The van der Waals surface area contributed by atoms with E-state index < -0.39 is 0 Å². The van der Waals surface area contributed by atoms with E-state index in [9.17, 15) is 0 Å². The van der Waals surface area contributed by atoms with Crippen LogP contribution in [0, 0.1) is 0 Å². The fourth-order valence-corrected chi connectivity index (χ4v) is 2.86. The predicted molar refractivity (Wildman–Crippen MR) is 72.8 cm³/mol. The molecule has 4 heteroatoms. The molecular weight excluding hydrogens is 224 g/mol. The van der Waals surface area contributed by atoms with E-state index in [-0.39, 0.29) is 0 Å². The Morgan fingerprint density at radius 3 is 3.06 bits per heavy atom. The van der Waals surface area contributed by atoms with E-state index in [2.05, 4.69) is 28.7 Å². The van der Waals surface area contributed by atoms with Gasteiger partial charge in [-0.2, -0.15) is 0 Å². The van der Waals surface area contributed by atoms with Crippen LogP contribution in [0.3, 0.4) is 0 Å². The van der Waals surface area contributed by atoms with E-state index in [1.54, 1.807) is 0 Å². The fourth-order valence-electron chi connectivity index (χ4n) is 2.86. The maximum Gasteiger partial charge on any atom is 0.114 e. The van der Waals surface area contributed by atoms with Crippen molar-refractivity contribution < 1.29 is 0 Å². The van der Waals surface area contributed by atoms with Gasteiger partial charge in [-0.05, 0) is 39.3 Å². The first-order valence-electron chi connectivity index (χ1n) is 6.80. The zero-order valence-electron chi connectivity index (χ0n) is 11.1. The Bertz CT molecular complexity index is 538. The highest BCUT2D eigenvalue weighted by Gasteiger charge is 2.23. The summed E-state index contributed by atoms with van der Waals surface area (Å²) < 4.78 is 2.35. The van der Waals surface area contributed by atoms with E-state index in [1.807, 2.05) is 18.5 Å². The van der Waals surface area contributed by atoms with Crippen molar-refractivity contribution in [3.8, 4) is 0 Å². The van der Waals surface area contributed by atoms with Gasteiger partial charge in [-0.1, -0.05) is 0 Å². The molecule has 4 nitrogen and oxygen atoms in total. The Hall–Kier alpha value is -1.42. The summed E-state index contributed by atoms with van der Waals surface area (Å²) in [5.41, 5.74) is 2.23. The van der Waals surface area contributed by atoms with Crippen LogP contribution in [0.1, 0.15) is 44.5 Å². The van der Waals surface area contributed by atoms with Crippen LogP contribution in [-0.4, -0.2) is 27.6 Å². The molecule has 1 aliphatic rings. The molecule has 1 fully saturated rings. The van der Waals surface area contributed by atoms with Crippen molar-refractivity contribution in [2.75, 3.05) is 13.1 Å². The number of hydrogen-bond donors (Lipinski definition) is 1. The van der Waals surface area contributed by atoms with Gasteiger partial charge >= 0.3 is 0 Å². The molecule has 3 heterocycles. The van der Waals surface area contributed by atoms with Gasteiger partial charge in [0.25, 0.3) is 0 Å². The second kappa shape index (κ2) is 4.69. The Labute approximate surface area is 107 Å². The lowest BCUT2D eigenvalue weighted by molar-refractivity contribution is 0.425. The zero-order valence-corrected chi connectivity index (χ0v) is 11.1. The van der Waals surface area contributed by atoms with Crippen LogP contribution in [0.25, 0.3) is 11.0 Å². The van der Waals surface area contributed by atoms with Gasteiger partial charge in [0.05, 0.1) is 17.2 Å². The molecule has 0 aliphatic carbocycles. The summed E-state index contributed by atoms with van der Waals surface area (Å²) >= 11 is 0. The molecule has 1 aliphatic heterocycles. The van der Waals surface area contributed by atoms with Crippen LogP contribution < -0.4 is 5.32 Å². The molecule has 18 heavy (non-hydrogen) atoms. The smallest absolute Gasteiger partial charge is 0.114 e. The van der Waals surface area contributed by atoms with Crippen LogP contribution in [0.5, 0.6) is 0 Å². The van der Waals surface area contributed by atoms with Gasteiger partial charge in [0.15, 0.2) is 0 Å². The minimum atomic E-state index is 0.427. The number of hydrogen-bond acceptors (Lipinski definition) is 3. The summed E-state index contributed by atoms with van der Waals surface area (Å²) in [6.45, 7) is 6.62. The van der Waals surface area contributed by atoms with Crippen LogP contribution in [-0.2, 0) is 0 Å². The molecule has 1 N–H and O–H groups in total. The monoisotopic (exact) mass is 244 g/mol. The summed E-state index contributed by atoms with van der Waals surface area (Å²) in [6, 6.07) is 2.43. The highest BCUT2D eigenvalue weighted by atomic mass is 15.1. The normalized spacial score (nSPS) is 20.7. The van der Waals surface area contributed by atoms with Gasteiger partial charge in [0.2, 0.25) is 0 Å². The molecule has 0 unspecified atom stereocenters. The van der Waals surface area contributed by atoms with Crippen LogP contribution in [0.15, 0.2) is 18.5 Å². The van der Waals surface area contributed by atoms with E-state index in [0.717, 1.165) is 24.1 Å². The van der Waals surface area contributed by atoms with Crippen molar-refractivity contribution in [2.24, 2.45) is 0 Å². The highest BCUT2D eigenvalue weighted by molar-refractivity contribution is 5.75. The van der Waals surface area contributed by atoms with Gasteiger partial charge < -0.3 is 9.88 Å². The molecule has 3 rings (SSSR count). The average Bonchev–Trinajstić information content (AvgIpc) is 2.79. The molecule has 2 aromatic rings. The second-order valence-electron chi connectivity index (χ2n) is 5.34. The maximum atomic E-state index is 4.84. The third kappa shape index (κ3) is 1.90. The van der Waals surface area contributed by atoms with E-state index in [0.29, 0.717) is 12.0 Å². The van der Waals surface area contributed by atoms with Gasteiger partial charge in [-0.15, -0.1) is 0 Å². The van der Waals surface area contributed by atoms with Crippen molar-refractivity contribution >= 4 is 11.0 Å². The van der Waals surface area contributed by atoms with Crippen LogP contribution in [0.2, 0.25) is 0 Å². The Morgan fingerprint density at radius 1 is 1.44 bits per heavy atom. The number of nitrogens with zero attached hydrogens (tertiary/aromatic N) is 3. The van der Waals surface area contributed by atoms with Gasteiger partial charge in [0.1, 0.15) is 5.82 Å². The third-order valence-electron chi connectivity index (χ3n) is 3.70. The molecule has 0 spiro atoms. The minimum absolute atomic E-state index is 0.427. The molecule has 0 saturated carbocycles. The van der Waals surface area contributed by atoms with Gasteiger partial charge in [-0.3, -0.25) is 4.98 Å². The molecule has 0 bridgehead atoms. The third-order valence-corrected chi connectivity index (χ3v) is 3.70. The summed E-state index contributed by atoms with van der Waals surface area (Å²) in [4.78, 5) is 9.08. The van der Waals surface area contributed by atoms with Crippen molar-refractivity contribution in [3.63, 3.8) is 0 Å². The van der Waals surface area contributed by atoms with E-state index in [1.165, 1.54) is 18.7 Å². The molecule has 0 aromatic carbocycles. The molecule has 2 aromatic heterocycles. The first kappa shape index (κ1) is 11.7. The second-order valence-corrected chi connectivity index (χ2v) is 5.34. The zero-order chi connectivity index (χ0) is 12.5.